The molecule has 0 saturated carbocycles. The SMILES string of the molecule is CC1(C)c2cc3cc(N(c4ccc5ccccc5c4)c4ccc5ccccc5c4)ccc3cc2-c2c1cc(-c1ccc3ccccc3n1)c1ccccc21. The third kappa shape index (κ3) is 4.70. The van der Waals surface area contributed by atoms with Crippen molar-refractivity contribution < 1.29 is 0 Å². The third-order valence-corrected chi connectivity index (χ3v) is 11.7. The molecular formula is C52H36N2. The van der Waals surface area contributed by atoms with Crippen LogP contribution < -0.4 is 4.90 Å². The summed E-state index contributed by atoms with van der Waals surface area (Å²) in [5.41, 5.74) is 11.8. The summed E-state index contributed by atoms with van der Waals surface area (Å²) in [4.78, 5) is 7.57. The van der Waals surface area contributed by atoms with Crippen LogP contribution in [0.25, 0.3) is 76.4 Å². The first kappa shape index (κ1) is 30.8. The lowest BCUT2D eigenvalue weighted by Gasteiger charge is -2.27. The smallest absolute Gasteiger partial charge is 0.0716 e. The van der Waals surface area contributed by atoms with Crippen molar-refractivity contribution in [3.8, 4) is 22.4 Å². The van der Waals surface area contributed by atoms with Gasteiger partial charge in [-0.25, -0.2) is 4.98 Å². The van der Waals surface area contributed by atoms with Gasteiger partial charge in [0.15, 0.2) is 0 Å². The van der Waals surface area contributed by atoms with E-state index in [9.17, 15) is 0 Å². The zero-order valence-corrected chi connectivity index (χ0v) is 30.2. The lowest BCUT2D eigenvalue weighted by atomic mass is 9.80. The molecule has 1 heterocycles. The molecule has 2 nitrogen and oxygen atoms in total. The summed E-state index contributed by atoms with van der Waals surface area (Å²) in [6.45, 7) is 4.77. The van der Waals surface area contributed by atoms with E-state index in [1.54, 1.807) is 0 Å². The van der Waals surface area contributed by atoms with Crippen molar-refractivity contribution in [2.45, 2.75) is 19.3 Å². The molecule has 0 bridgehead atoms. The molecule has 1 aliphatic rings. The van der Waals surface area contributed by atoms with Gasteiger partial charge in [0.05, 0.1) is 11.2 Å². The molecule has 0 N–H and O–H groups in total. The van der Waals surface area contributed by atoms with Gasteiger partial charge in [0.1, 0.15) is 0 Å². The van der Waals surface area contributed by atoms with Crippen molar-refractivity contribution in [3.63, 3.8) is 0 Å². The zero-order chi connectivity index (χ0) is 36.0. The molecule has 2 heteroatoms. The highest BCUT2D eigenvalue weighted by molar-refractivity contribution is 6.10. The molecule has 10 aromatic rings. The molecule has 11 rings (SSSR count). The van der Waals surface area contributed by atoms with Gasteiger partial charge in [0.2, 0.25) is 0 Å². The van der Waals surface area contributed by atoms with E-state index < -0.39 is 0 Å². The van der Waals surface area contributed by atoms with E-state index in [1.165, 1.54) is 70.9 Å². The molecule has 0 radical (unpaired) electrons. The fourth-order valence-corrected chi connectivity index (χ4v) is 8.96. The Morgan fingerprint density at radius 1 is 0.389 bits per heavy atom. The van der Waals surface area contributed by atoms with E-state index in [0.717, 1.165) is 33.7 Å². The number of aromatic nitrogens is 1. The second-order valence-corrected chi connectivity index (χ2v) is 15.2. The Labute approximate surface area is 314 Å². The second kappa shape index (κ2) is 11.6. The van der Waals surface area contributed by atoms with Gasteiger partial charge in [-0.3, -0.25) is 0 Å². The molecule has 9 aromatic carbocycles. The molecule has 1 aliphatic carbocycles. The van der Waals surface area contributed by atoms with Gasteiger partial charge in [-0.15, -0.1) is 0 Å². The van der Waals surface area contributed by atoms with E-state index in [4.69, 9.17) is 4.98 Å². The Hall–Kier alpha value is -6.77. The van der Waals surface area contributed by atoms with E-state index in [-0.39, 0.29) is 5.41 Å². The van der Waals surface area contributed by atoms with Crippen LogP contribution in [-0.2, 0) is 5.41 Å². The quantitative estimate of drug-likeness (QED) is 0.183. The maximum Gasteiger partial charge on any atom is 0.0716 e. The maximum absolute atomic E-state index is 5.17. The fraction of sp³-hybridized carbons (Fsp3) is 0.0577. The van der Waals surface area contributed by atoms with Gasteiger partial charge in [-0.1, -0.05) is 129 Å². The van der Waals surface area contributed by atoms with Gasteiger partial charge in [0, 0.05) is 33.4 Å². The molecule has 0 unspecified atom stereocenters. The minimum atomic E-state index is -0.207. The highest BCUT2D eigenvalue weighted by Gasteiger charge is 2.37. The minimum absolute atomic E-state index is 0.207. The van der Waals surface area contributed by atoms with E-state index in [2.05, 4.69) is 201 Å². The minimum Gasteiger partial charge on any atom is -0.310 e. The summed E-state index contributed by atoms with van der Waals surface area (Å²) in [7, 11) is 0. The molecule has 0 atom stereocenters. The number of fused-ring (bicyclic) bond motifs is 9. The monoisotopic (exact) mass is 688 g/mol. The van der Waals surface area contributed by atoms with Crippen LogP contribution in [0.5, 0.6) is 0 Å². The molecule has 0 saturated heterocycles. The van der Waals surface area contributed by atoms with Gasteiger partial charge >= 0.3 is 0 Å². The van der Waals surface area contributed by atoms with Crippen molar-refractivity contribution in [2.75, 3.05) is 4.90 Å². The first-order valence-corrected chi connectivity index (χ1v) is 18.8. The summed E-state index contributed by atoms with van der Waals surface area (Å²) in [5.74, 6) is 0. The summed E-state index contributed by atoms with van der Waals surface area (Å²) < 4.78 is 0. The maximum atomic E-state index is 5.17. The van der Waals surface area contributed by atoms with Crippen LogP contribution in [0.2, 0.25) is 0 Å². The Kier molecular flexibility index (Phi) is 6.63. The Morgan fingerprint density at radius 3 is 1.59 bits per heavy atom. The van der Waals surface area contributed by atoms with Gasteiger partial charge in [-0.05, 0) is 132 Å². The average molecular weight is 689 g/mol. The van der Waals surface area contributed by atoms with Crippen LogP contribution in [-0.4, -0.2) is 4.98 Å². The van der Waals surface area contributed by atoms with E-state index in [1.807, 2.05) is 0 Å². The van der Waals surface area contributed by atoms with Crippen molar-refractivity contribution in [1.82, 2.24) is 4.98 Å². The molecule has 0 aliphatic heterocycles. The molecule has 254 valence electrons. The van der Waals surface area contributed by atoms with E-state index >= 15 is 0 Å². The lowest BCUT2D eigenvalue weighted by molar-refractivity contribution is 0.662. The average Bonchev–Trinajstić information content (AvgIpc) is 3.44. The van der Waals surface area contributed by atoms with Crippen LogP contribution in [0.3, 0.4) is 0 Å². The number of nitrogens with zero attached hydrogens (tertiary/aromatic N) is 2. The predicted octanol–water partition coefficient (Wildman–Crippen LogP) is 14.3. The topological polar surface area (TPSA) is 16.1 Å². The molecule has 0 amide bonds. The summed E-state index contributed by atoms with van der Waals surface area (Å²) in [5, 5.41) is 11.1. The number of para-hydroxylation sites is 1. The van der Waals surface area contributed by atoms with Gasteiger partial charge in [-0.2, -0.15) is 0 Å². The first-order chi connectivity index (χ1) is 26.5. The highest BCUT2D eigenvalue weighted by atomic mass is 15.1. The van der Waals surface area contributed by atoms with Crippen molar-refractivity contribution >= 4 is 71.1 Å². The highest BCUT2D eigenvalue weighted by Crippen LogP contribution is 2.54. The van der Waals surface area contributed by atoms with Crippen LogP contribution in [0.15, 0.2) is 182 Å². The van der Waals surface area contributed by atoms with Crippen LogP contribution in [0.4, 0.5) is 17.1 Å². The summed E-state index contributed by atoms with van der Waals surface area (Å²) in [6.07, 6.45) is 0. The first-order valence-electron chi connectivity index (χ1n) is 18.8. The largest absolute Gasteiger partial charge is 0.310 e. The Bertz CT molecular complexity index is 3070. The Balaban J connectivity index is 1.09. The third-order valence-electron chi connectivity index (χ3n) is 11.7. The van der Waals surface area contributed by atoms with Crippen LogP contribution in [0, 0.1) is 0 Å². The van der Waals surface area contributed by atoms with Crippen molar-refractivity contribution in [2.24, 2.45) is 0 Å². The number of hydrogen-bond donors (Lipinski definition) is 0. The Morgan fingerprint density at radius 2 is 0.907 bits per heavy atom. The fourth-order valence-electron chi connectivity index (χ4n) is 8.96. The van der Waals surface area contributed by atoms with Crippen molar-refractivity contribution in [3.05, 3.63) is 193 Å². The van der Waals surface area contributed by atoms with Gasteiger partial charge in [0.25, 0.3) is 0 Å². The molecule has 0 fully saturated rings. The lowest BCUT2D eigenvalue weighted by Crippen LogP contribution is -2.15. The molecule has 1 aromatic heterocycles. The molecular weight excluding hydrogens is 653 g/mol. The standard InChI is InChI=1S/C52H36N2/c1-52(2)47-31-39-29-42(54(40-23-19-33-11-3-5-14-36(33)27-40)41-24-20-34-12-4-6-15-37(34)28-41)25-21-38(39)30-46(47)51-44-17-9-8-16-43(44)45(32-48(51)52)50-26-22-35-13-7-10-18-49(35)53-50/h3-32H,1-2H3. The van der Waals surface area contributed by atoms with Gasteiger partial charge < -0.3 is 4.90 Å². The number of pyridine rings is 1. The predicted molar refractivity (Wildman–Crippen MR) is 229 cm³/mol. The van der Waals surface area contributed by atoms with E-state index in [0.29, 0.717) is 0 Å². The number of anilines is 3. The van der Waals surface area contributed by atoms with Crippen molar-refractivity contribution in [1.29, 1.82) is 0 Å². The summed E-state index contributed by atoms with van der Waals surface area (Å²) >= 11 is 0. The number of hydrogen-bond acceptors (Lipinski definition) is 2. The molecule has 0 spiro atoms. The normalized spacial score (nSPS) is 13.1. The second-order valence-electron chi connectivity index (χ2n) is 15.2. The van der Waals surface area contributed by atoms with Crippen LogP contribution >= 0.6 is 0 Å². The van der Waals surface area contributed by atoms with Crippen LogP contribution in [0.1, 0.15) is 25.0 Å². The summed E-state index contributed by atoms with van der Waals surface area (Å²) in [6, 6.07) is 66.7. The number of benzene rings is 9. The number of rotatable bonds is 4. The molecule has 54 heavy (non-hydrogen) atoms. The zero-order valence-electron chi connectivity index (χ0n) is 30.2.